The molecule has 0 aromatic rings. The Bertz CT molecular complexity index is 288. The minimum absolute atomic E-state index is 0.230. The third-order valence-electron chi connectivity index (χ3n) is 4.96. The maximum Gasteiger partial charge on any atom is 0.0917 e. The van der Waals surface area contributed by atoms with Crippen molar-refractivity contribution in [2.45, 2.75) is 31.2 Å². The largest absolute Gasteiger partial charge is 0.501 e. The fourth-order valence-electron chi connectivity index (χ4n) is 4.03. The molecule has 2 heteroatoms. The molecule has 0 aliphatic heterocycles. The monoisotopic (exact) mass is 193 g/mol. The summed E-state index contributed by atoms with van der Waals surface area (Å²) >= 11 is 0. The number of hydrogen-bond donors (Lipinski definition) is 1. The molecule has 14 heavy (non-hydrogen) atoms. The highest BCUT2D eigenvalue weighted by molar-refractivity contribution is 5.23. The van der Waals surface area contributed by atoms with Crippen LogP contribution >= 0.6 is 0 Å². The lowest BCUT2D eigenvalue weighted by atomic mass is 9.62. The van der Waals surface area contributed by atoms with Crippen molar-refractivity contribution >= 4 is 0 Å². The summed E-state index contributed by atoms with van der Waals surface area (Å²) in [6.07, 6.45) is 5.17. The molecule has 0 saturated heterocycles. The Kier molecular flexibility index (Phi) is 1.59. The summed E-state index contributed by atoms with van der Waals surface area (Å²) in [6, 6.07) is 0. The third-order valence-corrected chi connectivity index (χ3v) is 4.96. The highest BCUT2D eigenvalue weighted by atomic mass is 16.5. The Balaban J connectivity index is 1.84. The van der Waals surface area contributed by atoms with Gasteiger partial charge in [-0.05, 0) is 43.4 Å². The van der Waals surface area contributed by atoms with Crippen molar-refractivity contribution in [1.82, 2.24) is 0 Å². The molecule has 0 amide bonds. The van der Waals surface area contributed by atoms with Gasteiger partial charge >= 0.3 is 0 Å². The summed E-state index contributed by atoms with van der Waals surface area (Å²) in [5, 5.41) is 0. The van der Waals surface area contributed by atoms with E-state index >= 15 is 0 Å². The first-order valence-electron chi connectivity index (χ1n) is 5.68. The van der Waals surface area contributed by atoms with Crippen LogP contribution in [0.5, 0.6) is 0 Å². The molecule has 0 aromatic heterocycles. The zero-order chi connectivity index (χ0) is 9.92. The second-order valence-corrected chi connectivity index (χ2v) is 5.37. The van der Waals surface area contributed by atoms with Gasteiger partial charge < -0.3 is 10.5 Å². The number of rotatable bonds is 2. The van der Waals surface area contributed by atoms with Crippen molar-refractivity contribution in [3.8, 4) is 0 Å². The highest BCUT2D eigenvalue weighted by Crippen LogP contribution is 2.66. The first-order valence-corrected chi connectivity index (χ1v) is 5.68. The van der Waals surface area contributed by atoms with Crippen LogP contribution in [0.1, 0.15) is 25.7 Å². The molecule has 5 atom stereocenters. The van der Waals surface area contributed by atoms with Crippen molar-refractivity contribution < 1.29 is 4.74 Å². The third kappa shape index (κ3) is 0.902. The Morgan fingerprint density at radius 3 is 2.93 bits per heavy atom. The quantitative estimate of drug-likeness (QED) is 0.680. The molecule has 4 aliphatic carbocycles. The molecule has 0 spiro atoms. The van der Waals surface area contributed by atoms with Crippen LogP contribution in [0.25, 0.3) is 0 Å². The summed E-state index contributed by atoms with van der Waals surface area (Å²) in [6.45, 7) is 4.03. The van der Waals surface area contributed by atoms with Crippen LogP contribution in [-0.4, -0.2) is 12.6 Å². The van der Waals surface area contributed by atoms with Gasteiger partial charge in [-0.15, -0.1) is 0 Å². The van der Waals surface area contributed by atoms with Crippen LogP contribution in [-0.2, 0) is 4.74 Å². The van der Waals surface area contributed by atoms with Gasteiger partial charge in [0.05, 0.1) is 12.9 Å². The fourth-order valence-corrected chi connectivity index (χ4v) is 4.03. The van der Waals surface area contributed by atoms with E-state index in [-0.39, 0.29) is 5.54 Å². The van der Waals surface area contributed by atoms with E-state index in [1.807, 2.05) is 0 Å². The predicted molar refractivity (Wildman–Crippen MR) is 55.5 cm³/mol. The van der Waals surface area contributed by atoms with Gasteiger partial charge in [0.2, 0.25) is 0 Å². The maximum absolute atomic E-state index is 6.37. The standard InChI is InChI=1S/C12H19NO/c1-7(14-2)10-5-8-3-4-9(10)11-6-12(8,11)13/h8-11H,1,3-6,13H2,2H3. The number of nitrogens with two attached hydrogens (primary N) is 1. The summed E-state index contributed by atoms with van der Waals surface area (Å²) in [5.74, 6) is 3.90. The first kappa shape index (κ1) is 8.78. The zero-order valence-electron chi connectivity index (χ0n) is 8.83. The van der Waals surface area contributed by atoms with Crippen molar-refractivity contribution in [2.75, 3.05) is 7.11 Å². The topological polar surface area (TPSA) is 35.2 Å². The van der Waals surface area contributed by atoms with Crippen LogP contribution < -0.4 is 5.73 Å². The molecular formula is C12H19NO. The lowest BCUT2D eigenvalue weighted by Crippen LogP contribution is -2.48. The van der Waals surface area contributed by atoms with Crippen molar-refractivity contribution in [3.63, 3.8) is 0 Å². The molecule has 4 fully saturated rings. The lowest BCUT2D eigenvalue weighted by molar-refractivity contribution is 0.0585. The molecule has 78 valence electrons. The predicted octanol–water partition coefficient (Wildman–Crippen LogP) is 1.91. The Hall–Kier alpha value is -0.500. The van der Waals surface area contributed by atoms with Crippen molar-refractivity contribution in [1.29, 1.82) is 0 Å². The van der Waals surface area contributed by atoms with Gasteiger partial charge in [0.25, 0.3) is 0 Å². The Morgan fingerprint density at radius 1 is 1.50 bits per heavy atom. The van der Waals surface area contributed by atoms with Gasteiger partial charge in [-0.2, -0.15) is 0 Å². The average Bonchev–Trinajstić information content (AvgIpc) is 2.92. The molecule has 4 aliphatic rings. The molecule has 5 unspecified atom stereocenters. The van der Waals surface area contributed by atoms with E-state index in [2.05, 4.69) is 6.58 Å². The van der Waals surface area contributed by atoms with E-state index in [0.717, 1.165) is 23.5 Å². The molecule has 2 nitrogen and oxygen atoms in total. The minimum atomic E-state index is 0.230. The van der Waals surface area contributed by atoms with Crippen molar-refractivity contribution in [2.24, 2.45) is 29.4 Å². The van der Waals surface area contributed by atoms with E-state index in [9.17, 15) is 0 Å². The lowest BCUT2D eigenvalue weighted by Gasteiger charge is -2.45. The Morgan fingerprint density at radius 2 is 2.29 bits per heavy atom. The van der Waals surface area contributed by atoms with Crippen molar-refractivity contribution in [3.05, 3.63) is 12.3 Å². The number of fused-ring (bicyclic) bond motifs is 2. The van der Waals surface area contributed by atoms with E-state index < -0.39 is 0 Å². The normalized spacial score (nSPS) is 53.9. The molecule has 0 heterocycles. The van der Waals surface area contributed by atoms with Gasteiger partial charge in [0.1, 0.15) is 0 Å². The summed E-state index contributed by atoms with van der Waals surface area (Å²) in [5.41, 5.74) is 6.60. The van der Waals surface area contributed by atoms with Crippen LogP contribution in [0, 0.1) is 23.7 Å². The van der Waals surface area contributed by atoms with E-state index in [0.29, 0.717) is 5.92 Å². The number of ether oxygens (including phenoxy) is 1. The number of allylic oxidation sites excluding steroid dienone is 1. The summed E-state index contributed by atoms with van der Waals surface area (Å²) < 4.78 is 5.31. The van der Waals surface area contributed by atoms with Gasteiger partial charge in [-0.1, -0.05) is 6.58 Å². The number of hydrogen-bond acceptors (Lipinski definition) is 2. The molecule has 0 aromatic carbocycles. The summed E-state index contributed by atoms with van der Waals surface area (Å²) in [4.78, 5) is 0. The first-order chi connectivity index (χ1) is 6.66. The van der Waals surface area contributed by atoms with Gasteiger partial charge in [-0.3, -0.25) is 0 Å². The SMILES string of the molecule is C=C(OC)C1CC2CCC1C1CC21N. The zero-order valence-corrected chi connectivity index (χ0v) is 8.83. The Labute approximate surface area is 85.5 Å². The molecule has 4 rings (SSSR count). The smallest absolute Gasteiger partial charge is 0.0917 e. The van der Waals surface area contributed by atoms with Crippen LogP contribution in [0.15, 0.2) is 12.3 Å². The minimum Gasteiger partial charge on any atom is -0.501 e. The second kappa shape index (κ2) is 2.54. The maximum atomic E-state index is 6.37. The van der Waals surface area contributed by atoms with Crippen LogP contribution in [0.4, 0.5) is 0 Å². The van der Waals surface area contributed by atoms with Gasteiger partial charge in [-0.25, -0.2) is 0 Å². The number of methoxy groups -OCH3 is 1. The molecule has 0 radical (unpaired) electrons. The fraction of sp³-hybridized carbons (Fsp3) is 0.833. The van der Waals surface area contributed by atoms with Gasteiger partial charge in [0.15, 0.2) is 0 Å². The van der Waals surface area contributed by atoms with E-state index in [1.54, 1.807) is 7.11 Å². The molecule has 4 saturated carbocycles. The highest BCUT2D eigenvalue weighted by Gasteiger charge is 2.66. The average molecular weight is 193 g/mol. The van der Waals surface area contributed by atoms with Gasteiger partial charge in [0, 0.05) is 11.5 Å². The second-order valence-electron chi connectivity index (χ2n) is 5.37. The summed E-state index contributed by atoms with van der Waals surface area (Å²) in [7, 11) is 1.74. The van der Waals surface area contributed by atoms with E-state index in [1.165, 1.54) is 25.7 Å². The molecule has 2 bridgehead atoms. The molecular weight excluding hydrogens is 174 g/mol. The van der Waals surface area contributed by atoms with Crippen LogP contribution in [0.3, 0.4) is 0 Å². The molecule has 2 N–H and O–H groups in total. The van der Waals surface area contributed by atoms with Crippen LogP contribution in [0.2, 0.25) is 0 Å². The van der Waals surface area contributed by atoms with E-state index in [4.69, 9.17) is 10.5 Å².